The number of allylic oxidation sites excluding steroid dienone is 2. The van der Waals surface area contributed by atoms with Crippen LogP contribution >= 0.6 is 22.7 Å². The van der Waals surface area contributed by atoms with E-state index in [0.717, 1.165) is 53.6 Å². The van der Waals surface area contributed by atoms with E-state index in [-0.39, 0.29) is 0 Å². The van der Waals surface area contributed by atoms with Gasteiger partial charge in [0, 0.05) is 42.4 Å². The molecule has 0 N–H and O–H groups in total. The molecule has 0 atom stereocenters. The second kappa shape index (κ2) is 9.65. The lowest BCUT2D eigenvalue weighted by molar-refractivity contribution is 0.615. The number of nitrogens with zero attached hydrogens (tertiary/aromatic N) is 2. The monoisotopic (exact) mass is 638 g/mol. The Morgan fingerprint density at radius 3 is 1.33 bits per heavy atom. The number of para-hydroxylation sites is 4. The van der Waals surface area contributed by atoms with Gasteiger partial charge in [0.2, 0.25) is 9.84 Å². The van der Waals surface area contributed by atoms with Gasteiger partial charge in [-0.1, -0.05) is 72.8 Å². The molecule has 45 heavy (non-hydrogen) atoms. The van der Waals surface area contributed by atoms with Crippen LogP contribution in [0.5, 0.6) is 0 Å². The molecule has 1 aliphatic heterocycles. The van der Waals surface area contributed by atoms with E-state index in [0.29, 0.717) is 20.9 Å². The highest BCUT2D eigenvalue weighted by atomic mass is 32.2. The van der Waals surface area contributed by atoms with Crippen LogP contribution in [0.4, 0.5) is 0 Å². The third-order valence-corrected chi connectivity index (χ3v) is 12.6. The first-order valence-electron chi connectivity index (χ1n) is 14.8. The molecule has 4 nitrogen and oxygen atoms in total. The van der Waals surface area contributed by atoms with Crippen LogP contribution in [0.2, 0.25) is 0 Å². The van der Waals surface area contributed by atoms with Crippen LogP contribution in [0, 0.1) is 13.8 Å². The first kappa shape index (κ1) is 26.7. The Morgan fingerprint density at radius 1 is 0.489 bits per heavy atom. The van der Waals surface area contributed by atoms with E-state index in [4.69, 9.17) is 0 Å². The van der Waals surface area contributed by atoms with Gasteiger partial charge in [-0.3, -0.25) is 9.13 Å². The van der Waals surface area contributed by atoms with Crippen molar-refractivity contribution in [3.05, 3.63) is 142 Å². The third kappa shape index (κ3) is 3.78. The summed E-state index contributed by atoms with van der Waals surface area (Å²) in [5.74, 6) is 0. The summed E-state index contributed by atoms with van der Waals surface area (Å²) in [6.45, 7) is 4.20. The van der Waals surface area contributed by atoms with Crippen LogP contribution in [0.3, 0.4) is 0 Å². The zero-order valence-electron chi connectivity index (χ0n) is 24.5. The zero-order chi connectivity index (χ0) is 30.4. The van der Waals surface area contributed by atoms with Gasteiger partial charge in [0.25, 0.3) is 0 Å². The van der Waals surface area contributed by atoms with Crippen LogP contribution in [-0.4, -0.2) is 17.6 Å². The summed E-state index contributed by atoms with van der Waals surface area (Å²) >= 11 is 3.42. The fourth-order valence-corrected chi connectivity index (χ4v) is 10.3. The van der Waals surface area contributed by atoms with Gasteiger partial charge < -0.3 is 0 Å². The average Bonchev–Trinajstić information content (AvgIpc) is 3.86. The molecule has 0 radical (unpaired) electrons. The summed E-state index contributed by atoms with van der Waals surface area (Å²) in [6.07, 6.45) is 3.59. The van der Waals surface area contributed by atoms with Crippen molar-refractivity contribution in [1.82, 2.24) is 9.13 Å². The number of hydrogen-bond donors (Lipinski definition) is 0. The number of aromatic nitrogens is 2. The Hall–Kier alpha value is -4.69. The minimum atomic E-state index is -3.88. The summed E-state index contributed by atoms with van der Waals surface area (Å²) in [7, 11) is -3.88. The van der Waals surface area contributed by atoms with Gasteiger partial charge in [-0.25, -0.2) is 8.42 Å². The second-order valence-electron chi connectivity index (χ2n) is 11.4. The molecule has 0 aliphatic carbocycles. The van der Waals surface area contributed by atoms with Gasteiger partial charge in [0.05, 0.1) is 31.9 Å². The van der Waals surface area contributed by atoms with Crippen LogP contribution in [0.15, 0.2) is 121 Å². The summed E-state index contributed by atoms with van der Waals surface area (Å²) in [4.78, 5) is 3.06. The van der Waals surface area contributed by atoms with E-state index in [1.54, 1.807) is 34.8 Å². The van der Waals surface area contributed by atoms with Crippen molar-refractivity contribution in [1.29, 1.82) is 0 Å². The molecule has 0 unspecified atom stereocenters. The Balaban J connectivity index is 1.28. The SMILES string of the molecule is Cc1ccc(-n2c3ccccc3c3cccc(C4=CC=C(c5cccc6c7ccccc7n(-c7ccc(C)s7)c56)S4(=O)=O)c32)s1. The molecule has 0 fully saturated rings. The first-order chi connectivity index (χ1) is 21.9. The lowest BCUT2D eigenvalue weighted by atomic mass is 10.1. The van der Waals surface area contributed by atoms with Crippen LogP contribution in [-0.2, 0) is 9.84 Å². The normalized spacial score (nSPS) is 14.6. The molecule has 9 rings (SSSR count). The molecule has 218 valence electrons. The van der Waals surface area contributed by atoms with Crippen molar-refractivity contribution in [2.75, 3.05) is 0 Å². The van der Waals surface area contributed by atoms with Gasteiger partial charge >= 0.3 is 0 Å². The predicted octanol–water partition coefficient (Wildman–Crippen LogP) is 10.4. The highest BCUT2D eigenvalue weighted by Gasteiger charge is 2.34. The predicted molar refractivity (Wildman–Crippen MR) is 192 cm³/mol. The Bertz CT molecular complexity index is 2510. The van der Waals surface area contributed by atoms with E-state index < -0.39 is 9.84 Å². The molecule has 0 bridgehead atoms. The quantitative estimate of drug-likeness (QED) is 0.193. The minimum absolute atomic E-state index is 0.326. The van der Waals surface area contributed by atoms with Crippen molar-refractivity contribution >= 4 is 85.9 Å². The number of thiophene rings is 2. The molecular formula is C38H26N2O2S3. The molecule has 8 aromatic rings. The topological polar surface area (TPSA) is 44.0 Å². The highest BCUT2D eigenvalue weighted by molar-refractivity contribution is 8.09. The molecule has 0 saturated heterocycles. The van der Waals surface area contributed by atoms with E-state index in [2.05, 4.69) is 83.6 Å². The molecule has 0 amide bonds. The summed E-state index contributed by atoms with van der Waals surface area (Å²) in [5, 5.41) is 6.41. The molecule has 7 heteroatoms. The van der Waals surface area contributed by atoms with Gasteiger partial charge in [0.1, 0.15) is 10.0 Å². The number of sulfone groups is 1. The fourth-order valence-electron chi connectivity index (χ4n) is 6.89. The molecule has 1 aliphatic rings. The second-order valence-corrected chi connectivity index (χ2v) is 15.9. The summed E-state index contributed by atoms with van der Waals surface area (Å²) in [6, 6.07) is 37.1. The van der Waals surface area contributed by atoms with Crippen LogP contribution in [0.1, 0.15) is 20.9 Å². The lowest BCUT2D eigenvalue weighted by Crippen LogP contribution is -2.05. The van der Waals surface area contributed by atoms with E-state index in [1.165, 1.54) is 9.75 Å². The molecular weight excluding hydrogens is 613 g/mol. The highest BCUT2D eigenvalue weighted by Crippen LogP contribution is 2.46. The van der Waals surface area contributed by atoms with E-state index in [1.807, 2.05) is 48.5 Å². The molecule has 0 spiro atoms. The Morgan fingerprint density at radius 2 is 0.911 bits per heavy atom. The Labute approximate surface area is 268 Å². The molecule has 4 aromatic heterocycles. The van der Waals surface area contributed by atoms with Crippen molar-refractivity contribution in [2.24, 2.45) is 0 Å². The van der Waals surface area contributed by atoms with Crippen molar-refractivity contribution < 1.29 is 8.42 Å². The largest absolute Gasteiger partial charge is 0.300 e. The number of benzene rings is 4. The van der Waals surface area contributed by atoms with Gasteiger partial charge in [-0.05, 0) is 62.4 Å². The number of fused-ring (bicyclic) bond motifs is 6. The first-order valence-corrected chi connectivity index (χ1v) is 17.9. The number of rotatable bonds is 4. The maximum atomic E-state index is 14.8. The minimum Gasteiger partial charge on any atom is -0.300 e. The van der Waals surface area contributed by atoms with E-state index in [9.17, 15) is 8.42 Å². The van der Waals surface area contributed by atoms with Gasteiger partial charge in [-0.2, -0.15) is 0 Å². The maximum absolute atomic E-state index is 14.8. The zero-order valence-corrected chi connectivity index (χ0v) is 26.9. The third-order valence-electron chi connectivity index (χ3n) is 8.78. The smallest absolute Gasteiger partial charge is 0.207 e. The lowest BCUT2D eigenvalue weighted by Gasteiger charge is -2.14. The van der Waals surface area contributed by atoms with Gasteiger partial charge in [0.15, 0.2) is 0 Å². The van der Waals surface area contributed by atoms with E-state index >= 15 is 0 Å². The summed E-state index contributed by atoms with van der Waals surface area (Å²) in [5.41, 5.74) is 5.36. The molecule has 4 aromatic carbocycles. The Kier molecular flexibility index (Phi) is 5.73. The number of hydrogen-bond acceptors (Lipinski definition) is 4. The molecule has 0 saturated carbocycles. The number of aryl methyl sites for hydroxylation is 2. The van der Waals surface area contributed by atoms with Crippen molar-refractivity contribution in [3.8, 4) is 10.0 Å². The average molecular weight is 639 g/mol. The fraction of sp³-hybridized carbons (Fsp3) is 0.0526. The van der Waals surface area contributed by atoms with Crippen molar-refractivity contribution in [3.63, 3.8) is 0 Å². The van der Waals surface area contributed by atoms with Gasteiger partial charge in [-0.15, -0.1) is 22.7 Å². The summed E-state index contributed by atoms with van der Waals surface area (Å²) < 4.78 is 34.0. The molecule has 5 heterocycles. The van der Waals surface area contributed by atoms with Crippen LogP contribution in [0.25, 0.3) is 63.4 Å². The standard InChI is InChI=1S/C38H26N2O2S3/c1-23-17-21-35(43-23)39-31-15-5-3-9-25(31)27-11-7-13-29(37(27)39)33-19-20-34(45(33,41)42)30-14-8-12-28-26-10-4-6-16-32(26)40(38(28)30)36-22-18-24(2)44-36/h3-22H,1-2H3. The van der Waals surface area contributed by atoms with Crippen molar-refractivity contribution in [2.45, 2.75) is 13.8 Å². The maximum Gasteiger partial charge on any atom is 0.207 e. The van der Waals surface area contributed by atoms with Crippen LogP contribution < -0.4 is 0 Å².